The zero-order valence-corrected chi connectivity index (χ0v) is 13.3. The van der Waals surface area contributed by atoms with E-state index in [0.717, 1.165) is 25.2 Å². The van der Waals surface area contributed by atoms with E-state index in [4.69, 9.17) is 4.74 Å². The number of esters is 1. The Morgan fingerprint density at radius 1 is 1.38 bits per heavy atom. The Morgan fingerprint density at radius 2 is 2.10 bits per heavy atom. The number of carbonyl (C=O) groups excluding carboxylic acids is 1. The molecule has 116 valence electrons. The first-order valence-electron chi connectivity index (χ1n) is 7.88. The topological polar surface area (TPSA) is 41.6 Å². The largest absolute Gasteiger partial charge is 0.462 e. The Kier molecular flexibility index (Phi) is 5.62. The van der Waals surface area contributed by atoms with E-state index >= 15 is 0 Å². The summed E-state index contributed by atoms with van der Waals surface area (Å²) in [6.45, 7) is 9.17. The molecule has 1 saturated heterocycles. The maximum absolute atomic E-state index is 11.7. The highest BCUT2D eigenvalue weighted by Gasteiger charge is 2.23. The van der Waals surface area contributed by atoms with Crippen molar-refractivity contribution in [3.05, 3.63) is 29.8 Å². The molecule has 0 spiro atoms. The summed E-state index contributed by atoms with van der Waals surface area (Å²) >= 11 is 0. The highest BCUT2D eigenvalue weighted by atomic mass is 16.5. The van der Waals surface area contributed by atoms with Crippen LogP contribution in [-0.2, 0) is 4.74 Å². The van der Waals surface area contributed by atoms with Gasteiger partial charge in [-0.05, 0) is 51.0 Å². The van der Waals surface area contributed by atoms with Crippen LogP contribution < -0.4 is 5.32 Å². The minimum Gasteiger partial charge on any atom is -0.462 e. The quantitative estimate of drug-likeness (QED) is 0.817. The van der Waals surface area contributed by atoms with E-state index in [1.165, 1.54) is 6.42 Å². The van der Waals surface area contributed by atoms with Gasteiger partial charge in [0.2, 0.25) is 0 Å². The van der Waals surface area contributed by atoms with E-state index in [0.29, 0.717) is 24.3 Å². The van der Waals surface area contributed by atoms with Crippen LogP contribution in [0.1, 0.15) is 44.0 Å². The summed E-state index contributed by atoms with van der Waals surface area (Å²) in [6.07, 6.45) is 2.01. The lowest BCUT2D eigenvalue weighted by molar-refractivity contribution is 0.0505. The van der Waals surface area contributed by atoms with Crippen LogP contribution >= 0.6 is 0 Å². The zero-order chi connectivity index (χ0) is 15.2. The molecule has 1 aromatic rings. The number of hydrogen-bond donors (Lipinski definition) is 1. The van der Waals surface area contributed by atoms with Crippen molar-refractivity contribution in [1.82, 2.24) is 4.90 Å². The van der Waals surface area contributed by atoms with Gasteiger partial charge in [-0.3, -0.25) is 4.90 Å². The first-order valence-corrected chi connectivity index (χ1v) is 7.88. The highest BCUT2D eigenvalue weighted by Crippen LogP contribution is 2.18. The lowest BCUT2D eigenvalue weighted by Crippen LogP contribution is -2.31. The first-order chi connectivity index (χ1) is 10.1. The van der Waals surface area contributed by atoms with Crippen molar-refractivity contribution >= 4 is 11.7 Å². The zero-order valence-electron chi connectivity index (χ0n) is 13.3. The molecule has 1 N–H and O–H groups in total. The normalized spacial score (nSPS) is 19.0. The smallest absolute Gasteiger partial charge is 0.338 e. The van der Waals surface area contributed by atoms with Gasteiger partial charge in [0, 0.05) is 30.9 Å². The molecule has 1 unspecified atom stereocenters. The van der Waals surface area contributed by atoms with Gasteiger partial charge >= 0.3 is 5.97 Å². The van der Waals surface area contributed by atoms with Gasteiger partial charge in [0.25, 0.3) is 0 Å². The van der Waals surface area contributed by atoms with Gasteiger partial charge < -0.3 is 10.1 Å². The van der Waals surface area contributed by atoms with Crippen LogP contribution in [0.3, 0.4) is 0 Å². The van der Waals surface area contributed by atoms with Crippen molar-refractivity contribution in [3.8, 4) is 0 Å². The number of likely N-dealkylation sites (tertiary alicyclic amines) is 1. The van der Waals surface area contributed by atoms with Crippen LogP contribution in [0, 0.1) is 0 Å². The van der Waals surface area contributed by atoms with Gasteiger partial charge in [-0.25, -0.2) is 4.79 Å². The van der Waals surface area contributed by atoms with E-state index < -0.39 is 0 Å². The third-order valence-electron chi connectivity index (χ3n) is 3.88. The fourth-order valence-electron chi connectivity index (χ4n) is 2.59. The predicted octanol–water partition coefficient (Wildman–Crippen LogP) is 3.15. The van der Waals surface area contributed by atoms with E-state index in [-0.39, 0.29) is 5.97 Å². The van der Waals surface area contributed by atoms with Crippen molar-refractivity contribution in [2.45, 2.75) is 45.7 Å². The molecule has 21 heavy (non-hydrogen) atoms. The highest BCUT2D eigenvalue weighted by molar-refractivity contribution is 5.89. The molecule has 1 aliphatic rings. The maximum Gasteiger partial charge on any atom is 0.338 e. The Bertz CT molecular complexity index is 456. The van der Waals surface area contributed by atoms with E-state index in [9.17, 15) is 4.79 Å². The molecule has 1 aromatic carbocycles. The average molecular weight is 290 g/mol. The molecule has 4 nitrogen and oxygen atoms in total. The molecule has 0 bridgehead atoms. The molecule has 4 heteroatoms. The van der Waals surface area contributed by atoms with Crippen molar-refractivity contribution in [1.29, 1.82) is 0 Å². The van der Waals surface area contributed by atoms with E-state index in [2.05, 4.69) is 24.1 Å². The number of rotatable bonds is 6. The molecule has 1 aliphatic heterocycles. The van der Waals surface area contributed by atoms with Gasteiger partial charge in [-0.2, -0.15) is 0 Å². The number of hydrogen-bond acceptors (Lipinski definition) is 4. The second kappa shape index (κ2) is 7.46. The van der Waals surface area contributed by atoms with Crippen LogP contribution in [0.4, 0.5) is 5.69 Å². The lowest BCUT2D eigenvalue weighted by atomic mass is 10.2. The van der Waals surface area contributed by atoms with Crippen LogP contribution in [0.2, 0.25) is 0 Å². The predicted molar refractivity (Wildman–Crippen MR) is 85.8 cm³/mol. The van der Waals surface area contributed by atoms with Crippen LogP contribution in [-0.4, -0.2) is 42.6 Å². The van der Waals surface area contributed by atoms with Crippen molar-refractivity contribution in [2.75, 3.05) is 25.0 Å². The van der Waals surface area contributed by atoms with Crippen molar-refractivity contribution in [3.63, 3.8) is 0 Å². The third-order valence-corrected chi connectivity index (χ3v) is 3.88. The van der Waals surface area contributed by atoms with Gasteiger partial charge in [-0.15, -0.1) is 0 Å². The minimum absolute atomic E-state index is 0.241. The standard InChI is InChI=1S/C17H26N2O2/c1-4-11-21-17(20)14-5-7-15(8-6-14)18-16-9-10-19(12-16)13(2)3/h5-8,13,16,18H,4,9-12H2,1-3H3. The summed E-state index contributed by atoms with van der Waals surface area (Å²) < 4.78 is 5.12. The molecule has 0 amide bonds. The molecular formula is C17H26N2O2. The van der Waals surface area contributed by atoms with Crippen LogP contribution in [0.25, 0.3) is 0 Å². The number of nitrogens with one attached hydrogen (secondary N) is 1. The molecule has 0 radical (unpaired) electrons. The van der Waals surface area contributed by atoms with Gasteiger partial charge in [0.1, 0.15) is 0 Å². The number of nitrogens with zero attached hydrogens (tertiary/aromatic N) is 1. The number of carbonyl (C=O) groups is 1. The summed E-state index contributed by atoms with van der Waals surface area (Å²) in [5, 5.41) is 3.54. The lowest BCUT2D eigenvalue weighted by Gasteiger charge is -2.20. The molecule has 1 fully saturated rings. The van der Waals surface area contributed by atoms with Gasteiger partial charge in [0.05, 0.1) is 12.2 Å². The molecule has 1 heterocycles. The minimum atomic E-state index is -0.241. The third kappa shape index (κ3) is 4.46. The SMILES string of the molecule is CCCOC(=O)c1ccc(NC2CCN(C(C)C)C2)cc1. The maximum atomic E-state index is 11.7. The fourth-order valence-corrected chi connectivity index (χ4v) is 2.59. The summed E-state index contributed by atoms with van der Waals surface area (Å²) in [4.78, 5) is 14.2. The summed E-state index contributed by atoms with van der Waals surface area (Å²) in [5.41, 5.74) is 1.68. The van der Waals surface area contributed by atoms with Crippen molar-refractivity contribution < 1.29 is 9.53 Å². The van der Waals surface area contributed by atoms with E-state index in [1.54, 1.807) is 0 Å². The molecular weight excluding hydrogens is 264 g/mol. The summed E-state index contributed by atoms with van der Waals surface area (Å²) in [6, 6.07) is 8.67. The summed E-state index contributed by atoms with van der Waals surface area (Å²) in [7, 11) is 0. The van der Waals surface area contributed by atoms with E-state index in [1.807, 2.05) is 31.2 Å². The first kappa shape index (κ1) is 15.8. The summed E-state index contributed by atoms with van der Waals surface area (Å²) in [5.74, 6) is -0.241. The molecule has 0 saturated carbocycles. The second-order valence-electron chi connectivity index (χ2n) is 5.93. The molecule has 0 aliphatic carbocycles. The molecule has 1 atom stereocenters. The Morgan fingerprint density at radius 3 is 2.67 bits per heavy atom. The average Bonchev–Trinajstić information content (AvgIpc) is 2.94. The molecule has 0 aromatic heterocycles. The number of anilines is 1. The van der Waals surface area contributed by atoms with Gasteiger partial charge in [0.15, 0.2) is 0 Å². The van der Waals surface area contributed by atoms with Crippen LogP contribution in [0.5, 0.6) is 0 Å². The Balaban J connectivity index is 1.87. The monoisotopic (exact) mass is 290 g/mol. The Labute approximate surface area is 127 Å². The van der Waals surface area contributed by atoms with Crippen molar-refractivity contribution in [2.24, 2.45) is 0 Å². The number of benzene rings is 1. The molecule has 2 rings (SSSR count). The van der Waals surface area contributed by atoms with Gasteiger partial charge in [-0.1, -0.05) is 6.92 Å². The Hall–Kier alpha value is -1.55. The number of ether oxygens (including phenoxy) is 1. The second-order valence-corrected chi connectivity index (χ2v) is 5.93. The van der Waals surface area contributed by atoms with Crippen LogP contribution in [0.15, 0.2) is 24.3 Å². The fraction of sp³-hybridized carbons (Fsp3) is 0.588.